The van der Waals surface area contributed by atoms with E-state index < -0.39 is 18.1 Å². The van der Waals surface area contributed by atoms with E-state index in [0.29, 0.717) is 32.0 Å². The van der Waals surface area contributed by atoms with Crippen molar-refractivity contribution in [3.63, 3.8) is 0 Å². The van der Waals surface area contributed by atoms with Crippen molar-refractivity contribution in [1.82, 2.24) is 19.4 Å². The zero-order valence-electron chi connectivity index (χ0n) is 17.2. The number of nitrogens with zero attached hydrogens (tertiary/aromatic N) is 5. The number of benzene rings is 1. The lowest BCUT2D eigenvalue weighted by atomic mass is 10.3. The Kier molecular flexibility index (Phi) is 5.89. The lowest BCUT2D eigenvalue weighted by molar-refractivity contribution is -0.274. The molecule has 32 heavy (non-hydrogen) atoms. The number of carbonyl (C=O) groups excluding carboxylic acids is 1. The van der Waals surface area contributed by atoms with Crippen LogP contribution in [0.5, 0.6) is 5.75 Å². The summed E-state index contributed by atoms with van der Waals surface area (Å²) in [4.78, 5) is 25.2. The first kappa shape index (κ1) is 21.5. The molecule has 1 aliphatic rings. The lowest BCUT2D eigenvalue weighted by Crippen LogP contribution is -2.50. The molecule has 1 aliphatic heterocycles. The number of hydrogen-bond acceptors (Lipinski definition) is 5. The Morgan fingerprint density at radius 2 is 1.66 bits per heavy atom. The van der Waals surface area contributed by atoms with E-state index >= 15 is 0 Å². The molecule has 11 heteroatoms. The molecule has 1 saturated heterocycles. The number of hydrogen-bond donors (Lipinski definition) is 1. The second-order valence-electron chi connectivity index (χ2n) is 7.17. The average Bonchev–Trinajstić information content (AvgIpc) is 3.29. The molecule has 0 atom stereocenters. The van der Waals surface area contributed by atoms with Crippen molar-refractivity contribution in [2.75, 3.05) is 36.4 Å². The van der Waals surface area contributed by atoms with E-state index in [-0.39, 0.29) is 5.69 Å². The number of alkyl halides is 3. The summed E-state index contributed by atoms with van der Waals surface area (Å²) in [6.07, 6.45) is -1.05. The highest BCUT2D eigenvalue weighted by Crippen LogP contribution is 2.30. The smallest absolute Gasteiger partial charge is 0.404 e. The van der Waals surface area contributed by atoms with Gasteiger partial charge in [-0.2, -0.15) is 0 Å². The molecule has 0 aliphatic carbocycles. The fraction of sp³-hybridized carbons (Fsp3) is 0.286. The van der Waals surface area contributed by atoms with Crippen molar-refractivity contribution >= 4 is 17.5 Å². The number of anilines is 2. The molecule has 3 heterocycles. The summed E-state index contributed by atoms with van der Waals surface area (Å²) in [6.45, 7) is 3.64. The van der Waals surface area contributed by atoms with Gasteiger partial charge in [-0.25, -0.2) is 14.8 Å². The molecule has 2 amide bonds. The molecule has 1 aromatic carbocycles. The van der Waals surface area contributed by atoms with Crippen LogP contribution in [0.1, 0.15) is 5.82 Å². The number of amides is 2. The molecule has 0 bridgehead atoms. The van der Waals surface area contributed by atoms with E-state index in [1.54, 1.807) is 4.90 Å². The van der Waals surface area contributed by atoms with Crippen molar-refractivity contribution in [3.8, 4) is 11.6 Å². The van der Waals surface area contributed by atoms with Gasteiger partial charge in [-0.3, -0.25) is 0 Å². The number of nitrogens with one attached hydrogen (secondary N) is 1. The lowest BCUT2D eigenvalue weighted by Gasteiger charge is -2.35. The van der Waals surface area contributed by atoms with Crippen LogP contribution in [0, 0.1) is 6.92 Å². The number of urea groups is 1. The minimum Gasteiger partial charge on any atom is -0.404 e. The fourth-order valence-corrected chi connectivity index (χ4v) is 3.43. The first-order valence-electron chi connectivity index (χ1n) is 9.93. The Hall–Kier alpha value is -3.76. The molecule has 0 unspecified atom stereocenters. The second-order valence-corrected chi connectivity index (χ2v) is 7.17. The highest BCUT2D eigenvalue weighted by atomic mass is 19.4. The van der Waals surface area contributed by atoms with Crippen LogP contribution in [0.25, 0.3) is 5.82 Å². The standard InChI is InChI=1S/C21H21F3N6O2/c1-15-25-18(28-8-4-5-9-28)14-19(26-15)29-10-12-30(13-11-29)20(31)27-16-6-2-3-7-17(16)32-21(22,23)24/h2-9,14H,10-13H2,1H3,(H,27,31). The predicted molar refractivity (Wildman–Crippen MR) is 112 cm³/mol. The first-order valence-corrected chi connectivity index (χ1v) is 9.93. The normalized spacial score (nSPS) is 14.4. The minimum atomic E-state index is -4.85. The zero-order valence-corrected chi connectivity index (χ0v) is 17.2. The van der Waals surface area contributed by atoms with Crippen LogP contribution in [0.2, 0.25) is 0 Å². The van der Waals surface area contributed by atoms with E-state index in [2.05, 4.69) is 20.0 Å². The van der Waals surface area contributed by atoms with E-state index in [1.807, 2.05) is 47.0 Å². The molecule has 4 rings (SSSR count). The molecule has 168 valence electrons. The second kappa shape index (κ2) is 8.77. The third-order valence-electron chi connectivity index (χ3n) is 4.93. The molecule has 0 spiro atoms. The summed E-state index contributed by atoms with van der Waals surface area (Å²) in [5.41, 5.74) is -0.0416. The summed E-state index contributed by atoms with van der Waals surface area (Å²) >= 11 is 0. The third-order valence-corrected chi connectivity index (χ3v) is 4.93. The van der Waals surface area contributed by atoms with Gasteiger partial charge in [0.15, 0.2) is 5.75 Å². The number of para-hydroxylation sites is 2. The molecule has 2 aromatic heterocycles. The van der Waals surface area contributed by atoms with Gasteiger partial charge in [0, 0.05) is 44.6 Å². The minimum absolute atomic E-state index is 0.0416. The van der Waals surface area contributed by atoms with Crippen LogP contribution in [0.3, 0.4) is 0 Å². The molecule has 8 nitrogen and oxygen atoms in total. The number of aromatic nitrogens is 3. The van der Waals surface area contributed by atoms with Crippen molar-refractivity contribution in [1.29, 1.82) is 0 Å². The Balaban J connectivity index is 1.40. The van der Waals surface area contributed by atoms with Gasteiger partial charge in [-0.05, 0) is 31.2 Å². The summed E-state index contributed by atoms with van der Waals surface area (Å²) in [7, 11) is 0. The number of halogens is 3. The number of carbonyl (C=O) groups is 1. The maximum atomic E-state index is 12.6. The van der Waals surface area contributed by atoms with Gasteiger partial charge in [0.05, 0.1) is 5.69 Å². The molecule has 1 N–H and O–H groups in total. The topological polar surface area (TPSA) is 75.5 Å². The number of aryl methyl sites for hydroxylation is 1. The van der Waals surface area contributed by atoms with Crippen LogP contribution >= 0.6 is 0 Å². The van der Waals surface area contributed by atoms with Crippen molar-refractivity contribution in [2.24, 2.45) is 0 Å². The molecular formula is C21H21F3N6O2. The molecule has 3 aromatic rings. The van der Waals surface area contributed by atoms with Crippen LogP contribution in [0.15, 0.2) is 54.9 Å². The van der Waals surface area contributed by atoms with Gasteiger partial charge in [-0.15, -0.1) is 13.2 Å². The third kappa shape index (κ3) is 5.10. The highest BCUT2D eigenvalue weighted by molar-refractivity contribution is 5.91. The SMILES string of the molecule is Cc1nc(N2CCN(C(=O)Nc3ccccc3OC(F)(F)F)CC2)cc(-n2cccc2)n1. The molecular weight excluding hydrogens is 425 g/mol. The maximum Gasteiger partial charge on any atom is 0.573 e. The molecule has 0 radical (unpaired) electrons. The average molecular weight is 446 g/mol. The van der Waals surface area contributed by atoms with Gasteiger partial charge >= 0.3 is 12.4 Å². The predicted octanol–water partition coefficient (Wildman–Crippen LogP) is 3.83. The highest BCUT2D eigenvalue weighted by Gasteiger charge is 2.32. The van der Waals surface area contributed by atoms with Crippen LogP contribution in [-0.2, 0) is 0 Å². The number of ether oxygens (including phenoxy) is 1. The van der Waals surface area contributed by atoms with Crippen LogP contribution < -0.4 is 15.0 Å². The monoisotopic (exact) mass is 446 g/mol. The van der Waals surface area contributed by atoms with E-state index in [0.717, 1.165) is 17.7 Å². The Bertz CT molecular complexity index is 1080. The quantitative estimate of drug-likeness (QED) is 0.659. The van der Waals surface area contributed by atoms with Gasteiger partial charge in [0.25, 0.3) is 0 Å². The van der Waals surface area contributed by atoms with Gasteiger partial charge in [-0.1, -0.05) is 12.1 Å². The van der Waals surface area contributed by atoms with Crippen molar-refractivity contribution < 1.29 is 22.7 Å². The van der Waals surface area contributed by atoms with E-state index in [4.69, 9.17) is 0 Å². The van der Waals surface area contributed by atoms with Crippen molar-refractivity contribution in [3.05, 3.63) is 60.7 Å². The Morgan fingerprint density at radius 3 is 2.34 bits per heavy atom. The summed E-state index contributed by atoms with van der Waals surface area (Å²) < 4.78 is 43.7. The fourth-order valence-electron chi connectivity index (χ4n) is 3.43. The summed E-state index contributed by atoms with van der Waals surface area (Å²) in [5, 5.41) is 2.51. The van der Waals surface area contributed by atoms with Crippen molar-refractivity contribution in [2.45, 2.75) is 13.3 Å². The van der Waals surface area contributed by atoms with E-state index in [9.17, 15) is 18.0 Å². The van der Waals surface area contributed by atoms with Crippen LogP contribution in [0.4, 0.5) is 29.5 Å². The zero-order chi connectivity index (χ0) is 22.7. The summed E-state index contributed by atoms with van der Waals surface area (Å²) in [6, 6.07) is 10.7. The number of rotatable bonds is 4. The van der Waals surface area contributed by atoms with Gasteiger partial charge in [0.2, 0.25) is 0 Å². The maximum absolute atomic E-state index is 12.6. The Labute approximate surface area is 182 Å². The van der Waals surface area contributed by atoms with E-state index in [1.165, 1.54) is 18.2 Å². The van der Waals surface area contributed by atoms with Gasteiger partial charge < -0.3 is 24.4 Å². The molecule has 1 fully saturated rings. The van der Waals surface area contributed by atoms with Gasteiger partial charge in [0.1, 0.15) is 17.5 Å². The summed E-state index contributed by atoms with van der Waals surface area (Å²) in [5.74, 6) is 1.68. The largest absolute Gasteiger partial charge is 0.573 e. The molecule has 0 saturated carbocycles. The number of piperazine rings is 1. The first-order chi connectivity index (χ1) is 15.3. The van der Waals surface area contributed by atoms with Crippen LogP contribution in [-0.4, -0.2) is 58.0 Å². The Morgan fingerprint density at radius 1 is 1.00 bits per heavy atom.